The third-order valence-electron chi connectivity index (χ3n) is 4.55. The van der Waals surface area contributed by atoms with Crippen LogP contribution in [0.1, 0.15) is 30.4 Å². The summed E-state index contributed by atoms with van der Waals surface area (Å²) in [4.78, 5) is 19.3. The molecule has 0 radical (unpaired) electrons. The Morgan fingerprint density at radius 2 is 2.04 bits per heavy atom. The van der Waals surface area contributed by atoms with Crippen LogP contribution >= 0.6 is 34.5 Å². The number of carbonyl (C=O) groups excluding carboxylic acids is 1. The normalized spacial score (nSPS) is 14.4. The number of benzene rings is 1. The van der Waals surface area contributed by atoms with E-state index in [1.54, 1.807) is 18.3 Å². The van der Waals surface area contributed by atoms with Gasteiger partial charge in [-0.1, -0.05) is 11.6 Å². The largest absolute Gasteiger partial charge is 0.356 e. The monoisotopic (exact) mass is 496 g/mol. The molecule has 0 aliphatic carbocycles. The number of anilines is 3. The molecule has 0 spiro atoms. The van der Waals surface area contributed by atoms with Crippen LogP contribution in [-0.4, -0.2) is 24.0 Å². The number of piperidine rings is 1. The number of rotatable bonds is 5. The maximum Gasteiger partial charge on any atom is 0.248 e. The molecule has 1 aromatic carbocycles. The molecule has 7 heteroatoms. The fourth-order valence-corrected chi connectivity index (χ4v) is 3.72. The van der Waals surface area contributed by atoms with Crippen molar-refractivity contribution in [2.24, 2.45) is 0 Å². The van der Waals surface area contributed by atoms with E-state index in [0.717, 1.165) is 35.7 Å². The molecule has 1 amide bonds. The predicted molar refractivity (Wildman–Crippen MR) is 122 cm³/mol. The number of halogens is 2. The Morgan fingerprint density at radius 3 is 2.78 bits per heavy atom. The predicted octanol–water partition coefficient (Wildman–Crippen LogP) is 5.45. The Morgan fingerprint density at radius 1 is 1.26 bits per heavy atom. The van der Waals surface area contributed by atoms with E-state index in [4.69, 9.17) is 11.6 Å². The van der Waals surface area contributed by atoms with Crippen LogP contribution in [0, 0.1) is 6.92 Å². The van der Waals surface area contributed by atoms with Gasteiger partial charge >= 0.3 is 0 Å². The fraction of sp³-hybridized carbons (Fsp3) is 0.300. The quantitative estimate of drug-likeness (QED) is 0.328. The van der Waals surface area contributed by atoms with Gasteiger partial charge in [-0.15, -0.1) is 0 Å². The van der Waals surface area contributed by atoms with Crippen LogP contribution in [0.4, 0.5) is 17.2 Å². The minimum Gasteiger partial charge on any atom is -0.356 e. The van der Waals surface area contributed by atoms with Crippen LogP contribution in [0.2, 0.25) is 5.02 Å². The topological polar surface area (TPSA) is 57.3 Å². The molecule has 3 rings (SSSR count). The van der Waals surface area contributed by atoms with Gasteiger partial charge in [0.15, 0.2) is 0 Å². The van der Waals surface area contributed by atoms with E-state index in [1.165, 1.54) is 19.3 Å². The zero-order chi connectivity index (χ0) is 19.2. The summed E-state index contributed by atoms with van der Waals surface area (Å²) in [7, 11) is 0. The van der Waals surface area contributed by atoms with Crippen molar-refractivity contribution in [1.29, 1.82) is 0 Å². The molecule has 0 unspecified atom stereocenters. The number of nitrogens with zero attached hydrogens (tertiary/aromatic N) is 2. The zero-order valence-electron chi connectivity index (χ0n) is 15.1. The third-order valence-corrected chi connectivity index (χ3v) is 5.53. The lowest BCUT2D eigenvalue weighted by Crippen LogP contribution is -2.30. The molecular weight excluding hydrogens is 475 g/mol. The molecule has 5 nitrogen and oxygen atoms in total. The lowest BCUT2D eigenvalue weighted by Gasteiger charge is -2.28. The number of amides is 1. The van der Waals surface area contributed by atoms with E-state index in [1.807, 2.05) is 54.1 Å². The number of nitrogens with one attached hydrogen (secondary N) is 2. The van der Waals surface area contributed by atoms with Gasteiger partial charge < -0.3 is 13.7 Å². The summed E-state index contributed by atoms with van der Waals surface area (Å²) < 4.78 is 3.02. The first-order valence-corrected chi connectivity index (χ1v) is 10.4. The van der Waals surface area contributed by atoms with Gasteiger partial charge in [-0.25, -0.2) is 4.98 Å². The van der Waals surface area contributed by atoms with Crippen LogP contribution < -0.4 is 13.7 Å². The third kappa shape index (κ3) is 5.13. The van der Waals surface area contributed by atoms with Crippen LogP contribution in [-0.2, 0) is 4.79 Å². The van der Waals surface area contributed by atoms with E-state index in [0.29, 0.717) is 10.7 Å². The van der Waals surface area contributed by atoms with Crippen molar-refractivity contribution in [2.75, 3.05) is 26.8 Å². The Hall–Kier alpha value is -1.80. The number of aromatic nitrogens is 1. The molecule has 1 aromatic heterocycles. The average Bonchev–Trinajstić information content (AvgIpc) is 2.70. The first kappa shape index (κ1) is 19.9. The highest BCUT2D eigenvalue weighted by molar-refractivity contribution is 14.1. The molecule has 27 heavy (non-hydrogen) atoms. The Kier molecular flexibility index (Phi) is 6.95. The molecular formula is C20H22ClIN4O. The highest BCUT2D eigenvalue weighted by Crippen LogP contribution is 2.30. The highest BCUT2D eigenvalue weighted by atomic mass is 127. The van der Waals surface area contributed by atoms with E-state index >= 15 is 0 Å². The number of hydrogen-bond donors (Lipinski definition) is 2. The van der Waals surface area contributed by atoms with Crippen LogP contribution in [0.3, 0.4) is 0 Å². The van der Waals surface area contributed by atoms with Crippen LogP contribution in [0.15, 0.2) is 36.5 Å². The molecule has 0 saturated carbocycles. The zero-order valence-corrected chi connectivity index (χ0v) is 18.0. The second kappa shape index (κ2) is 9.41. The van der Waals surface area contributed by atoms with E-state index < -0.39 is 0 Å². The number of pyridine rings is 1. The Bertz CT molecular complexity index is 850. The molecule has 142 valence electrons. The molecule has 2 N–H and O–H groups in total. The lowest BCUT2D eigenvalue weighted by molar-refractivity contribution is -0.111. The van der Waals surface area contributed by atoms with Gasteiger partial charge in [0.25, 0.3) is 0 Å². The summed E-state index contributed by atoms with van der Waals surface area (Å²) in [5.74, 6) is 0.747. The Labute approximate surface area is 178 Å². The molecule has 1 saturated heterocycles. The smallest absolute Gasteiger partial charge is 0.248 e. The van der Waals surface area contributed by atoms with Crippen molar-refractivity contribution in [3.8, 4) is 0 Å². The van der Waals surface area contributed by atoms with Gasteiger partial charge in [-0.05, 0) is 62.1 Å². The standard InChI is InChI=1S/C20H22ClIN4O/c1-14-12-17(18(25-22)13-16(14)21)24-19(27)8-7-15-6-5-9-23-20(15)26-10-3-2-4-11-26/h5-9,12-13,25H,2-4,10-11H2,1H3,(H,24,27)/b8-7+. The van der Waals surface area contributed by atoms with Crippen molar-refractivity contribution in [3.05, 3.63) is 52.7 Å². The summed E-state index contributed by atoms with van der Waals surface area (Å²) in [6, 6.07) is 7.55. The fourth-order valence-electron chi connectivity index (χ4n) is 3.11. The number of carbonyl (C=O) groups is 1. The highest BCUT2D eigenvalue weighted by Gasteiger charge is 2.14. The minimum atomic E-state index is -0.196. The molecule has 0 bridgehead atoms. The van der Waals surface area contributed by atoms with Gasteiger partial charge in [0.05, 0.1) is 34.2 Å². The van der Waals surface area contributed by atoms with Gasteiger partial charge in [0, 0.05) is 35.9 Å². The molecule has 1 aliphatic heterocycles. The molecule has 2 aromatic rings. The average molecular weight is 497 g/mol. The maximum absolute atomic E-state index is 12.4. The maximum atomic E-state index is 12.4. The molecule has 1 fully saturated rings. The van der Waals surface area contributed by atoms with Crippen molar-refractivity contribution >= 4 is 63.6 Å². The summed E-state index contributed by atoms with van der Waals surface area (Å²) in [6.45, 7) is 3.93. The summed E-state index contributed by atoms with van der Waals surface area (Å²) in [6.07, 6.45) is 8.81. The molecule has 1 aliphatic rings. The second-order valence-electron chi connectivity index (χ2n) is 6.53. The first-order valence-electron chi connectivity index (χ1n) is 8.94. The molecule has 0 atom stereocenters. The Balaban J connectivity index is 1.75. The first-order chi connectivity index (χ1) is 13.1. The van der Waals surface area contributed by atoms with Crippen LogP contribution in [0.25, 0.3) is 6.08 Å². The summed E-state index contributed by atoms with van der Waals surface area (Å²) in [5.41, 5.74) is 3.33. The second-order valence-corrected chi connectivity index (χ2v) is 7.47. The molecule has 2 heterocycles. The van der Waals surface area contributed by atoms with Crippen molar-refractivity contribution < 1.29 is 4.79 Å². The number of aryl methyl sites for hydroxylation is 1. The van der Waals surface area contributed by atoms with E-state index in [9.17, 15) is 4.79 Å². The van der Waals surface area contributed by atoms with Crippen LogP contribution in [0.5, 0.6) is 0 Å². The van der Waals surface area contributed by atoms with E-state index in [-0.39, 0.29) is 5.91 Å². The lowest BCUT2D eigenvalue weighted by atomic mass is 10.1. The SMILES string of the molecule is Cc1cc(NC(=O)/C=C/c2cccnc2N2CCCCC2)c(NI)cc1Cl. The summed E-state index contributed by atoms with van der Waals surface area (Å²) >= 11 is 8.17. The number of hydrogen-bond acceptors (Lipinski definition) is 4. The van der Waals surface area contributed by atoms with Crippen molar-refractivity contribution in [3.63, 3.8) is 0 Å². The van der Waals surface area contributed by atoms with Gasteiger partial charge in [0.2, 0.25) is 5.91 Å². The van der Waals surface area contributed by atoms with Crippen molar-refractivity contribution in [2.45, 2.75) is 26.2 Å². The van der Waals surface area contributed by atoms with Crippen molar-refractivity contribution in [1.82, 2.24) is 4.98 Å². The van der Waals surface area contributed by atoms with Gasteiger partial charge in [-0.3, -0.25) is 4.79 Å². The van der Waals surface area contributed by atoms with Gasteiger partial charge in [-0.2, -0.15) is 0 Å². The van der Waals surface area contributed by atoms with Gasteiger partial charge in [0.1, 0.15) is 5.82 Å². The summed E-state index contributed by atoms with van der Waals surface area (Å²) in [5, 5.41) is 3.57. The minimum absolute atomic E-state index is 0.196. The van der Waals surface area contributed by atoms with E-state index in [2.05, 4.69) is 18.7 Å².